The minimum absolute atomic E-state index is 0.462. The van der Waals surface area contributed by atoms with Crippen LogP contribution in [0.2, 0.25) is 0 Å². The van der Waals surface area contributed by atoms with Crippen molar-refractivity contribution >= 4 is 0 Å². The highest BCUT2D eigenvalue weighted by Crippen LogP contribution is 2.13. The van der Waals surface area contributed by atoms with Gasteiger partial charge in [0.15, 0.2) is 0 Å². The molecule has 0 heterocycles. The molecule has 15 heavy (non-hydrogen) atoms. The number of aryl methyl sites for hydroxylation is 1. The second-order valence-electron chi connectivity index (χ2n) is 4.77. The molecule has 1 heteroatoms. The Balaban J connectivity index is 2.43. The Morgan fingerprint density at radius 2 is 1.93 bits per heavy atom. The summed E-state index contributed by atoms with van der Waals surface area (Å²) in [7, 11) is 0. The average Bonchev–Trinajstić information content (AvgIpc) is 2.17. The third-order valence-electron chi connectivity index (χ3n) is 2.71. The Bertz CT molecular complexity index is 291. The second kappa shape index (κ2) is 5.92. The van der Waals surface area contributed by atoms with Crippen LogP contribution in [0.25, 0.3) is 0 Å². The van der Waals surface area contributed by atoms with E-state index in [9.17, 15) is 0 Å². The normalized spacial score (nSPS) is 13.1. The van der Waals surface area contributed by atoms with Gasteiger partial charge in [0.05, 0.1) is 0 Å². The van der Waals surface area contributed by atoms with Crippen molar-refractivity contribution in [2.24, 2.45) is 5.92 Å². The van der Waals surface area contributed by atoms with E-state index in [4.69, 9.17) is 0 Å². The largest absolute Gasteiger partial charge is 0.310 e. The predicted molar refractivity (Wildman–Crippen MR) is 67.1 cm³/mol. The molecule has 1 nitrogen and oxygen atoms in total. The summed E-state index contributed by atoms with van der Waals surface area (Å²) in [6.45, 7) is 10.0. The van der Waals surface area contributed by atoms with Crippen molar-refractivity contribution in [3.63, 3.8) is 0 Å². The minimum atomic E-state index is 0.462. The fourth-order valence-electron chi connectivity index (χ4n) is 1.65. The molecule has 1 atom stereocenters. The van der Waals surface area contributed by atoms with Gasteiger partial charge in [-0.25, -0.2) is 0 Å². The Morgan fingerprint density at radius 3 is 2.53 bits per heavy atom. The number of nitrogens with one attached hydrogen (secondary N) is 1. The summed E-state index contributed by atoms with van der Waals surface area (Å²) in [6, 6.07) is 9.19. The summed E-state index contributed by atoms with van der Waals surface area (Å²) in [4.78, 5) is 0. The van der Waals surface area contributed by atoms with Crippen LogP contribution < -0.4 is 5.32 Å². The standard InChI is InChI=1S/C14H23N/c1-11(2)8-9-15-13(4)14-7-5-6-12(3)10-14/h5-7,10-11,13,15H,8-9H2,1-4H3. The lowest BCUT2D eigenvalue weighted by Crippen LogP contribution is -2.20. The number of benzene rings is 1. The molecule has 1 aromatic carbocycles. The van der Waals surface area contributed by atoms with E-state index in [1.165, 1.54) is 17.5 Å². The van der Waals surface area contributed by atoms with Crippen molar-refractivity contribution in [1.29, 1.82) is 0 Å². The average molecular weight is 205 g/mol. The van der Waals surface area contributed by atoms with Gasteiger partial charge in [-0.3, -0.25) is 0 Å². The maximum atomic E-state index is 3.56. The third-order valence-corrected chi connectivity index (χ3v) is 2.71. The van der Waals surface area contributed by atoms with Crippen LogP contribution in [0.1, 0.15) is 44.4 Å². The number of hydrogen-bond donors (Lipinski definition) is 1. The molecule has 0 saturated heterocycles. The van der Waals surface area contributed by atoms with Crippen LogP contribution in [0, 0.1) is 12.8 Å². The van der Waals surface area contributed by atoms with Crippen LogP contribution in [0.5, 0.6) is 0 Å². The molecule has 1 rings (SSSR count). The van der Waals surface area contributed by atoms with Crippen LogP contribution in [0.3, 0.4) is 0 Å². The predicted octanol–water partition coefficient (Wildman–Crippen LogP) is 3.69. The first-order valence-electron chi connectivity index (χ1n) is 5.89. The van der Waals surface area contributed by atoms with E-state index in [2.05, 4.69) is 57.3 Å². The van der Waals surface area contributed by atoms with E-state index < -0.39 is 0 Å². The van der Waals surface area contributed by atoms with Gasteiger partial charge in [-0.1, -0.05) is 43.7 Å². The molecule has 0 aliphatic carbocycles. The molecule has 0 saturated carbocycles. The Hall–Kier alpha value is -0.820. The fraction of sp³-hybridized carbons (Fsp3) is 0.571. The van der Waals surface area contributed by atoms with Crippen LogP contribution in [0.15, 0.2) is 24.3 Å². The van der Waals surface area contributed by atoms with Crippen LogP contribution >= 0.6 is 0 Å². The van der Waals surface area contributed by atoms with Crippen molar-refractivity contribution in [3.8, 4) is 0 Å². The van der Waals surface area contributed by atoms with Crippen molar-refractivity contribution in [1.82, 2.24) is 5.32 Å². The first-order chi connectivity index (χ1) is 7.09. The Morgan fingerprint density at radius 1 is 1.20 bits per heavy atom. The maximum absolute atomic E-state index is 3.56. The molecule has 84 valence electrons. The molecule has 0 aromatic heterocycles. The smallest absolute Gasteiger partial charge is 0.0291 e. The third kappa shape index (κ3) is 4.48. The molecule has 0 aliphatic heterocycles. The van der Waals surface area contributed by atoms with Crippen molar-refractivity contribution in [2.75, 3.05) is 6.54 Å². The van der Waals surface area contributed by atoms with Gasteiger partial charge < -0.3 is 5.32 Å². The zero-order valence-electron chi connectivity index (χ0n) is 10.4. The summed E-state index contributed by atoms with van der Waals surface area (Å²) in [5.74, 6) is 0.780. The summed E-state index contributed by atoms with van der Waals surface area (Å²) in [5.41, 5.74) is 2.73. The van der Waals surface area contributed by atoms with E-state index in [-0.39, 0.29) is 0 Å². The number of hydrogen-bond acceptors (Lipinski definition) is 1. The highest BCUT2D eigenvalue weighted by molar-refractivity contribution is 5.24. The lowest BCUT2D eigenvalue weighted by Gasteiger charge is -2.15. The SMILES string of the molecule is Cc1cccc(C(C)NCCC(C)C)c1. The van der Waals surface area contributed by atoms with Gasteiger partial charge in [-0.05, 0) is 38.3 Å². The number of rotatable bonds is 5. The van der Waals surface area contributed by atoms with Gasteiger partial charge in [0, 0.05) is 6.04 Å². The lowest BCUT2D eigenvalue weighted by molar-refractivity contribution is 0.497. The summed E-state index contributed by atoms with van der Waals surface area (Å²) in [5, 5.41) is 3.56. The summed E-state index contributed by atoms with van der Waals surface area (Å²) in [6.07, 6.45) is 1.25. The monoisotopic (exact) mass is 205 g/mol. The van der Waals surface area contributed by atoms with Gasteiger partial charge in [0.1, 0.15) is 0 Å². The molecule has 0 bridgehead atoms. The Labute approximate surface area is 93.9 Å². The molecule has 1 aromatic rings. The van der Waals surface area contributed by atoms with Crippen LogP contribution in [0.4, 0.5) is 0 Å². The molecular weight excluding hydrogens is 182 g/mol. The summed E-state index contributed by atoms with van der Waals surface area (Å²) >= 11 is 0. The first kappa shape index (κ1) is 12.3. The van der Waals surface area contributed by atoms with E-state index in [0.717, 1.165) is 12.5 Å². The van der Waals surface area contributed by atoms with Crippen molar-refractivity contribution in [2.45, 2.75) is 40.2 Å². The summed E-state index contributed by atoms with van der Waals surface area (Å²) < 4.78 is 0. The topological polar surface area (TPSA) is 12.0 Å². The van der Waals surface area contributed by atoms with E-state index >= 15 is 0 Å². The maximum Gasteiger partial charge on any atom is 0.0291 e. The highest BCUT2D eigenvalue weighted by atomic mass is 14.9. The highest BCUT2D eigenvalue weighted by Gasteiger charge is 2.04. The first-order valence-corrected chi connectivity index (χ1v) is 5.89. The van der Waals surface area contributed by atoms with Crippen LogP contribution in [-0.2, 0) is 0 Å². The fourth-order valence-corrected chi connectivity index (χ4v) is 1.65. The van der Waals surface area contributed by atoms with Crippen molar-refractivity contribution < 1.29 is 0 Å². The Kier molecular flexibility index (Phi) is 4.83. The van der Waals surface area contributed by atoms with E-state index in [1.54, 1.807) is 0 Å². The van der Waals surface area contributed by atoms with E-state index in [1.807, 2.05) is 0 Å². The van der Waals surface area contributed by atoms with Gasteiger partial charge in [-0.2, -0.15) is 0 Å². The quantitative estimate of drug-likeness (QED) is 0.773. The lowest BCUT2D eigenvalue weighted by atomic mass is 10.1. The van der Waals surface area contributed by atoms with Gasteiger partial charge in [-0.15, -0.1) is 0 Å². The molecule has 1 N–H and O–H groups in total. The molecule has 0 amide bonds. The molecule has 0 spiro atoms. The van der Waals surface area contributed by atoms with Gasteiger partial charge in [0.25, 0.3) is 0 Å². The second-order valence-corrected chi connectivity index (χ2v) is 4.77. The van der Waals surface area contributed by atoms with Gasteiger partial charge in [0.2, 0.25) is 0 Å². The molecule has 0 aliphatic rings. The van der Waals surface area contributed by atoms with Crippen molar-refractivity contribution in [3.05, 3.63) is 35.4 Å². The zero-order chi connectivity index (χ0) is 11.3. The molecule has 0 radical (unpaired) electrons. The van der Waals surface area contributed by atoms with Gasteiger partial charge >= 0.3 is 0 Å². The minimum Gasteiger partial charge on any atom is -0.310 e. The molecular formula is C14H23N. The molecule has 1 unspecified atom stereocenters. The van der Waals surface area contributed by atoms with E-state index in [0.29, 0.717) is 6.04 Å². The molecule has 0 fully saturated rings. The zero-order valence-corrected chi connectivity index (χ0v) is 10.4. The van der Waals surface area contributed by atoms with Crippen LogP contribution in [-0.4, -0.2) is 6.54 Å².